The molecular weight excluding hydrogens is 491 g/mol. The lowest BCUT2D eigenvalue weighted by molar-refractivity contribution is -0.137. The number of aliphatic hydroxyl groups excluding tert-OH is 1. The summed E-state index contributed by atoms with van der Waals surface area (Å²) < 4.78 is 41.1. The molecule has 0 spiro atoms. The molecule has 0 bridgehead atoms. The number of halogens is 3. The Hall–Kier alpha value is -2.58. The normalized spacial score (nSPS) is 24.4. The van der Waals surface area contributed by atoms with Gasteiger partial charge >= 0.3 is 12.2 Å². The van der Waals surface area contributed by atoms with E-state index in [1.807, 2.05) is 18.7 Å². The molecule has 1 aliphatic carbocycles. The predicted molar refractivity (Wildman–Crippen MR) is 141 cm³/mol. The van der Waals surface area contributed by atoms with Gasteiger partial charge in [-0.2, -0.15) is 13.2 Å². The maximum absolute atomic E-state index is 14.1. The highest BCUT2D eigenvalue weighted by atomic mass is 19.4. The molecule has 0 radical (unpaired) electrons. The van der Waals surface area contributed by atoms with Crippen LogP contribution in [0.5, 0.6) is 0 Å². The fourth-order valence-electron chi connectivity index (χ4n) is 6.62. The van der Waals surface area contributed by atoms with E-state index in [1.165, 1.54) is 23.3 Å². The lowest BCUT2D eigenvalue weighted by Crippen LogP contribution is -2.58. The Balaban J connectivity index is 1.49. The molecular formula is C30H38F3N3O2. The van der Waals surface area contributed by atoms with Crippen LogP contribution in [0.25, 0.3) is 0 Å². The fourth-order valence-corrected chi connectivity index (χ4v) is 6.62. The second kappa shape index (κ2) is 10.2. The zero-order valence-corrected chi connectivity index (χ0v) is 22.6. The zero-order chi connectivity index (χ0) is 27.4. The van der Waals surface area contributed by atoms with E-state index in [4.69, 9.17) is 0 Å². The third-order valence-corrected chi connectivity index (χ3v) is 8.91. The second-order valence-corrected chi connectivity index (χ2v) is 11.5. The number of benzene rings is 2. The number of alkyl halides is 3. The maximum Gasteiger partial charge on any atom is 0.416 e. The van der Waals surface area contributed by atoms with Gasteiger partial charge in [-0.15, -0.1) is 0 Å². The van der Waals surface area contributed by atoms with Gasteiger partial charge in [-0.1, -0.05) is 38.1 Å². The van der Waals surface area contributed by atoms with Crippen LogP contribution >= 0.6 is 0 Å². The van der Waals surface area contributed by atoms with Crippen molar-refractivity contribution in [3.05, 3.63) is 69.8 Å². The molecule has 2 heterocycles. The molecule has 2 fully saturated rings. The van der Waals surface area contributed by atoms with Crippen LogP contribution in [0.2, 0.25) is 0 Å². The highest BCUT2D eigenvalue weighted by Gasteiger charge is 2.47. The Morgan fingerprint density at radius 1 is 1.05 bits per heavy atom. The van der Waals surface area contributed by atoms with Crippen molar-refractivity contribution in [1.82, 2.24) is 14.7 Å². The molecule has 2 aliphatic heterocycles. The molecule has 0 aromatic heterocycles. The molecule has 2 saturated heterocycles. The summed E-state index contributed by atoms with van der Waals surface area (Å²) in [6, 6.07) is 9.59. The first-order chi connectivity index (χ1) is 18.0. The van der Waals surface area contributed by atoms with Crippen LogP contribution in [-0.4, -0.2) is 58.2 Å². The first-order valence-corrected chi connectivity index (χ1v) is 13.8. The number of rotatable bonds is 4. The van der Waals surface area contributed by atoms with E-state index in [9.17, 15) is 23.1 Å². The lowest BCUT2D eigenvalue weighted by atomic mass is 9.89. The molecule has 3 aliphatic rings. The van der Waals surface area contributed by atoms with Crippen LogP contribution < -0.4 is 0 Å². The number of aliphatic hydroxyl groups is 1. The third kappa shape index (κ3) is 4.81. The summed E-state index contributed by atoms with van der Waals surface area (Å²) in [4.78, 5) is 19.7. The molecule has 8 heteroatoms. The minimum absolute atomic E-state index is 0.0135. The number of amides is 2. The van der Waals surface area contributed by atoms with Gasteiger partial charge in [-0.05, 0) is 84.9 Å². The summed E-state index contributed by atoms with van der Waals surface area (Å²) in [5.41, 5.74) is 4.20. The summed E-state index contributed by atoms with van der Waals surface area (Å²) in [6.07, 6.45) is -0.391. The molecule has 0 saturated carbocycles. The van der Waals surface area contributed by atoms with E-state index in [1.54, 1.807) is 24.9 Å². The highest BCUT2D eigenvalue weighted by Crippen LogP contribution is 2.43. The zero-order valence-electron chi connectivity index (χ0n) is 22.6. The van der Waals surface area contributed by atoms with Crippen molar-refractivity contribution in [2.45, 2.75) is 89.3 Å². The number of nitrogens with zero attached hydrogens (tertiary/aromatic N) is 3. The number of carbonyl (C=O) groups excluding carboxylic acids is 1. The first-order valence-electron chi connectivity index (χ1n) is 13.8. The van der Waals surface area contributed by atoms with Gasteiger partial charge < -0.3 is 14.9 Å². The standard InChI is InChI=1S/C30H38F3N3O2/c1-18(2)21-15-22(17-23(16-21)30(31,32)33)19(3)34(4)29(38)36-14-13-35-26(11-12-27(35)37)28(36)25-10-6-8-20-7-5-9-24(20)25/h6,8,10,15-19,26-28,37H,5,7,9,11-14H2,1-4H3/t19-,26+,27?,28+/m1/s1. The second-order valence-electron chi connectivity index (χ2n) is 11.5. The quantitative estimate of drug-likeness (QED) is 0.508. The van der Waals surface area contributed by atoms with Crippen LogP contribution in [0.4, 0.5) is 18.0 Å². The first kappa shape index (κ1) is 27.0. The summed E-state index contributed by atoms with van der Waals surface area (Å²) in [6.45, 7) is 6.57. The van der Waals surface area contributed by atoms with Crippen molar-refractivity contribution in [2.75, 3.05) is 20.1 Å². The molecule has 5 nitrogen and oxygen atoms in total. The molecule has 4 atom stereocenters. The minimum Gasteiger partial charge on any atom is -0.378 e. The average molecular weight is 530 g/mol. The Morgan fingerprint density at radius 2 is 1.79 bits per heavy atom. The van der Waals surface area contributed by atoms with Crippen LogP contribution in [0.3, 0.4) is 0 Å². The minimum atomic E-state index is -4.46. The molecule has 2 aromatic carbocycles. The van der Waals surface area contributed by atoms with Crippen LogP contribution in [-0.2, 0) is 19.0 Å². The molecule has 2 aromatic rings. The van der Waals surface area contributed by atoms with Gasteiger partial charge in [0, 0.05) is 26.2 Å². The van der Waals surface area contributed by atoms with Gasteiger partial charge in [0.25, 0.3) is 0 Å². The molecule has 38 heavy (non-hydrogen) atoms. The van der Waals surface area contributed by atoms with Gasteiger partial charge in [0.15, 0.2) is 0 Å². The van der Waals surface area contributed by atoms with Crippen molar-refractivity contribution in [3.63, 3.8) is 0 Å². The van der Waals surface area contributed by atoms with E-state index >= 15 is 0 Å². The molecule has 5 rings (SSSR count). The monoisotopic (exact) mass is 529 g/mol. The maximum atomic E-state index is 14.1. The molecule has 2 amide bonds. The van der Waals surface area contributed by atoms with Crippen molar-refractivity contribution in [2.24, 2.45) is 0 Å². The molecule has 1 N–H and O–H groups in total. The van der Waals surface area contributed by atoms with Crippen molar-refractivity contribution < 1.29 is 23.1 Å². The van der Waals surface area contributed by atoms with Crippen molar-refractivity contribution in [1.29, 1.82) is 0 Å². The van der Waals surface area contributed by atoms with Crippen LogP contribution in [0.15, 0.2) is 36.4 Å². The number of carbonyl (C=O) groups is 1. The van der Waals surface area contributed by atoms with E-state index < -0.39 is 24.0 Å². The van der Waals surface area contributed by atoms with Gasteiger partial charge in [0.1, 0.15) is 6.23 Å². The van der Waals surface area contributed by atoms with E-state index in [2.05, 4.69) is 23.1 Å². The SMILES string of the molecule is CC(C)c1cc([C@@H](C)N(C)C(=O)N2CCN3C(O)CC[C@H]3[C@@H]2c2cccc3c2CCC3)cc(C(F)(F)F)c1. The third-order valence-electron chi connectivity index (χ3n) is 8.91. The van der Waals surface area contributed by atoms with Gasteiger partial charge in [0.05, 0.1) is 17.6 Å². The van der Waals surface area contributed by atoms with Crippen LogP contribution in [0.1, 0.15) is 91.4 Å². The Kier molecular flexibility index (Phi) is 7.24. The molecule has 1 unspecified atom stereocenters. The Labute approximate surface area is 223 Å². The topological polar surface area (TPSA) is 47.0 Å². The van der Waals surface area contributed by atoms with Crippen molar-refractivity contribution in [3.8, 4) is 0 Å². The number of piperazine rings is 1. The summed E-state index contributed by atoms with van der Waals surface area (Å²) in [5, 5.41) is 10.6. The van der Waals surface area contributed by atoms with Crippen LogP contribution in [0, 0.1) is 0 Å². The Morgan fingerprint density at radius 3 is 2.50 bits per heavy atom. The predicted octanol–water partition coefficient (Wildman–Crippen LogP) is 6.27. The van der Waals surface area contributed by atoms with E-state index in [0.29, 0.717) is 30.6 Å². The number of fused-ring (bicyclic) bond motifs is 2. The summed E-state index contributed by atoms with van der Waals surface area (Å²) >= 11 is 0. The smallest absolute Gasteiger partial charge is 0.378 e. The summed E-state index contributed by atoms with van der Waals surface area (Å²) in [7, 11) is 1.69. The average Bonchev–Trinajstić information content (AvgIpc) is 3.52. The largest absolute Gasteiger partial charge is 0.416 e. The van der Waals surface area contributed by atoms with Gasteiger partial charge in [-0.25, -0.2) is 4.79 Å². The van der Waals surface area contributed by atoms with Gasteiger partial charge in [-0.3, -0.25) is 4.90 Å². The van der Waals surface area contributed by atoms with E-state index in [0.717, 1.165) is 31.2 Å². The fraction of sp³-hybridized carbons (Fsp3) is 0.567. The number of urea groups is 1. The molecule has 206 valence electrons. The Bertz CT molecular complexity index is 1200. The lowest BCUT2D eigenvalue weighted by Gasteiger charge is -2.47. The number of hydrogen-bond donors (Lipinski definition) is 1. The highest BCUT2D eigenvalue weighted by molar-refractivity contribution is 5.76. The number of hydrogen-bond acceptors (Lipinski definition) is 3. The van der Waals surface area contributed by atoms with Crippen molar-refractivity contribution >= 4 is 6.03 Å². The van der Waals surface area contributed by atoms with Gasteiger partial charge in [0.2, 0.25) is 0 Å². The number of aryl methyl sites for hydroxylation is 1. The van der Waals surface area contributed by atoms with E-state index in [-0.39, 0.29) is 24.0 Å². The summed E-state index contributed by atoms with van der Waals surface area (Å²) in [5.74, 6) is -0.0734.